The molecule has 0 spiro atoms. The van der Waals surface area contributed by atoms with Gasteiger partial charge in [-0.3, -0.25) is 0 Å². The molecule has 2 aromatic heterocycles. The van der Waals surface area contributed by atoms with Gasteiger partial charge in [0.2, 0.25) is 0 Å². The average molecular weight is 570 g/mol. The number of hydrogen-bond acceptors (Lipinski definition) is 7. The monoisotopic (exact) mass is 569 g/mol. The van der Waals surface area contributed by atoms with E-state index in [4.69, 9.17) is 9.26 Å². The van der Waals surface area contributed by atoms with Crippen LogP contribution in [0.1, 0.15) is 59.7 Å². The molecule has 3 atom stereocenters. The molecule has 2 saturated carbocycles. The highest BCUT2D eigenvalue weighted by Gasteiger charge is 2.40. The molecule has 1 unspecified atom stereocenters. The standard InChI is InChI=1S/C29H26F3N3O4S/c30-20-2-1-3-21(31)24(20)25-19(27(39-34-25)14-4-5-14)13-38-18-7-6-15-11-35(12-17(15)8-18)29-33-26-22(32)9-16(28(36)37)10-23(26)40-29/h1-3,9-10,14-15,17-18H,4-8,11-13H2,(H,36,37)/t15?,17-,18-/m0/s1. The van der Waals surface area contributed by atoms with Gasteiger partial charge in [-0.2, -0.15) is 0 Å². The maximum atomic E-state index is 14.6. The van der Waals surface area contributed by atoms with Crippen molar-refractivity contribution in [3.63, 3.8) is 0 Å². The molecule has 3 fully saturated rings. The third kappa shape index (κ3) is 4.54. The third-order valence-electron chi connectivity index (χ3n) is 8.39. The first kappa shape index (κ1) is 25.5. The van der Waals surface area contributed by atoms with Gasteiger partial charge < -0.3 is 19.3 Å². The molecule has 4 aromatic rings. The number of carboxylic acid groups (broad SMARTS) is 1. The second kappa shape index (κ2) is 9.88. The number of halogens is 3. The van der Waals surface area contributed by atoms with E-state index < -0.39 is 23.4 Å². The van der Waals surface area contributed by atoms with Crippen molar-refractivity contribution in [2.75, 3.05) is 18.0 Å². The number of aromatic nitrogens is 2. The summed E-state index contributed by atoms with van der Waals surface area (Å²) in [7, 11) is 0. The molecule has 0 amide bonds. The van der Waals surface area contributed by atoms with Crippen LogP contribution < -0.4 is 4.90 Å². The van der Waals surface area contributed by atoms with Crippen molar-refractivity contribution < 1.29 is 32.3 Å². The van der Waals surface area contributed by atoms with Crippen LogP contribution in [0.4, 0.5) is 18.3 Å². The van der Waals surface area contributed by atoms with Crippen molar-refractivity contribution in [1.82, 2.24) is 10.1 Å². The van der Waals surface area contributed by atoms with Gasteiger partial charge in [0.25, 0.3) is 0 Å². The fraction of sp³-hybridized carbons (Fsp3) is 0.414. The van der Waals surface area contributed by atoms with E-state index in [-0.39, 0.29) is 41.0 Å². The van der Waals surface area contributed by atoms with Gasteiger partial charge in [-0.25, -0.2) is 22.9 Å². The summed E-state index contributed by atoms with van der Waals surface area (Å²) >= 11 is 1.31. The topological polar surface area (TPSA) is 88.7 Å². The summed E-state index contributed by atoms with van der Waals surface area (Å²) in [5, 5.41) is 14.0. The molecular formula is C29H26F3N3O4S. The molecular weight excluding hydrogens is 543 g/mol. The number of carbonyl (C=O) groups is 1. The van der Waals surface area contributed by atoms with Gasteiger partial charge in [-0.1, -0.05) is 22.6 Å². The Labute approximate surface area is 231 Å². The van der Waals surface area contributed by atoms with Crippen LogP contribution in [-0.4, -0.2) is 40.4 Å². The molecule has 1 N–H and O–H groups in total. The highest BCUT2D eigenvalue weighted by atomic mass is 32.1. The molecule has 3 heterocycles. The maximum absolute atomic E-state index is 14.6. The lowest BCUT2D eigenvalue weighted by atomic mass is 9.80. The number of nitrogens with zero attached hydrogens (tertiary/aromatic N) is 3. The number of thiazole rings is 1. The van der Waals surface area contributed by atoms with E-state index in [2.05, 4.69) is 15.0 Å². The SMILES string of the molecule is O=C(O)c1cc(F)c2nc(N3CC4CC[C@H](OCc5c(-c6c(F)cccc6F)noc5C5CC5)C[C@H]4C3)sc2c1. The summed E-state index contributed by atoms with van der Waals surface area (Å²) in [6.07, 6.45) is 4.54. The van der Waals surface area contributed by atoms with E-state index in [1.165, 1.54) is 35.6 Å². The van der Waals surface area contributed by atoms with Gasteiger partial charge >= 0.3 is 5.97 Å². The van der Waals surface area contributed by atoms with E-state index in [9.17, 15) is 23.1 Å². The fourth-order valence-electron chi connectivity index (χ4n) is 6.18. The minimum Gasteiger partial charge on any atom is -0.478 e. The molecule has 7 nitrogen and oxygen atoms in total. The maximum Gasteiger partial charge on any atom is 0.335 e. The van der Waals surface area contributed by atoms with Gasteiger partial charge in [0.05, 0.1) is 28.5 Å². The minimum atomic E-state index is -1.17. The molecule has 2 aromatic carbocycles. The lowest BCUT2D eigenvalue weighted by molar-refractivity contribution is -0.00495. The van der Waals surface area contributed by atoms with Crippen molar-refractivity contribution in [2.45, 2.75) is 50.7 Å². The Morgan fingerprint density at radius 2 is 1.85 bits per heavy atom. The molecule has 0 radical (unpaired) electrons. The number of rotatable bonds is 7. The van der Waals surface area contributed by atoms with E-state index >= 15 is 0 Å². The average Bonchev–Trinajstić information content (AvgIpc) is 3.33. The molecule has 1 saturated heterocycles. The number of hydrogen-bond donors (Lipinski definition) is 1. The molecule has 1 aliphatic heterocycles. The summed E-state index contributed by atoms with van der Waals surface area (Å²) in [4.78, 5) is 18.0. The van der Waals surface area contributed by atoms with Crippen molar-refractivity contribution in [3.8, 4) is 11.3 Å². The zero-order valence-electron chi connectivity index (χ0n) is 21.4. The van der Waals surface area contributed by atoms with Gasteiger partial charge in [0.1, 0.15) is 28.6 Å². The van der Waals surface area contributed by atoms with Gasteiger partial charge in [0, 0.05) is 24.6 Å². The number of carboxylic acids is 1. The molecule has 40 heavy (non-hydrogen) atoms. The summed E-state index contributed by atoms with van der Waals surface area (Å²) in [6.45, 7) is 1.73. The quantitative estimate of drug-likeness (QED) is 0.263. The Morgan fingerprint density at radius 3 is 2.60 bits per heavy atom. The van der Waals surface area contributed by atoms with Gasteiger partial charge in [0.15, 0.2) is 10.9 Å². The zero-order chi connectivity index (χ0) is 27.5. The second-order valence-electron chi connectivity index (χ2n) is 11.0. The number of aromatic carboxylic acids is 1. The molecule has 0 bridgehead atoms. The Bertz CT molecular complexity index is 1600. The molecule has 3 aliphatic rings. The second-order valence-corrected chi connectivity index (χ2v) is 12.0. The van der Waals surface area contributed by atoms with Crippen LogP contribution in [0.5, 0.6) is 0 Å². The smallest absolute Gasteiger partial charge is 0.335 e. The Morgan fingerprint density at radius 1 is 1.07 bits per heavy atom. The van der Waals surface area contributed by atoms with Crippen LogP contribution >= 0.6 is 11.3 Å². The highest BCUT2D eigenvalue weighted by molar-refractivity contribution is 7.22. The Hall–Kier alpha value is -3.44. The lowest BCUT2D eigenvalue weighted by Gasteiger charge is -2.30. The van der Waals surface area contributed by atoms with E-state index in [0.29, 0.717) is 33.0 Å². The number of fused-ring (bicyclic) bond motifs is 2. The number of ether oxygens (including phenoxy) is 1. The summed E-state index contributed by atoms with van der Waals surface area (Å²) in [5.41, 5.74) is 0.720. The summed E-state index contributed by atoms with van der Waals surface area (Å²) < 4.78 is 56.1. The number of benzene rings is 2. The van der Waals surface area contributed by atoms with E-state index in [1.807, 2.05) is 0 Å². The van der Waals surface area contributed by atoms with Crippen LogP contribution in [0.15, 0.2) is 34.9 Å². The molecule has 11 heteroatoms. The largest absolute Gasteiger partial charge is 0.478 e. The van der Waals surface area contributed by atoms with Crippen molar-refractivity contribution in [2.24, 2.45) is 11.8 Å². The zero-order valence-corrected chi connectivity index (χ0v) is 22.2. The van der Waals surface area contributed by atoms with E-state index in [1.54, 1.807) is 0 Å². The summed E-state index contributed by atoms with van der Waals surface area (Å²) in [5.74, 6) is -1.49. The van der Waals surface area contributed by atoms with Crippen LogP contribution in [0.25, 0.3) is 21.5 Å². The first-order valence-corrected chi connectivity index (χ1v) is 14.3. The predicted octanol–water partition coefficient (Wildman–Crippen LogP) is 6.77. The third-order valence-corrected chi connectivity index (χ3v) is 9.45. The first-order chi connectivity index (χ1) is 19.4. The van der Waals surface area contributed by atoms with Crippen molar-refractivity contribution in [1.29, 1.82) is 0 Å². The number of anilines is 1. The van der Waals surface area contributed by atoms with Crippen LogP contribution in [-0.2, 0) is 11.3 Å². The van der Waals surface area contributed by atoms with Crippen molar-refractivity contribution in [3.05, 3.63) is 64.7 Å². The Kier molecular flexibility index (Phi) is 6.31. The minimum absolute atomic E-state index is 0.0209. The van der Waals surface area contributed by atoms with Gasteiger partial charge in [-0.15, -0.1) is 0 Å². The fourth-order valence-corrected chi connectivity index (χ4v) is 7.22. The summed E-state index contributed by atoms with van der Waals surface area (Å²) in [6, 6.07) is 6.24. The van der Waals surface area contributed by atoms with Gasteiger partial charge in [-0.05, 0) is 68.2 Å². The van der Waals surface area contributed by atoms with Crippen LogP contribution in [0.3, 0.4) is 0 Å². The molecule has 2 aliphatic carbocycles. The molecule has 208 valence electrons. The van der Waals surface area contributed by atoms with Crippen molar-refractivity contribution >= 4 is 32.7 Å². The normalized spacial score (nSPS) is 22.7. The molecule has 7 rings (SSSR count). The van der Waals surface area contributed by atoms with Crippen LogP contribution in [0.2, 0.25) is 0 Å². The lowest BCUT2D eigenvalue weighted by Crippen LogP contribution is -2.28. The Balaban J connectivity index is 1.06. The van der Waals surface area contributed by atoms with E-state index in [0.717, 1.165) is 51.3 Å². The van der Waals surface area contributed by atoms with Crippen LogP contribution in [0, 0.1) is 29.3 Å². The first-order valence-electron chi connectivity index (χ1n) is 13.5. The predicted molar refractivity (Wildman–Crippen MR) is 142 cm³/mol. The highest BCUT2D eigenvalue weighted by Crippen LogP contribution is 2.46.